The van der Waals surface area contributed by atoms with Gasteiger partial charge in [-0.3, -0.25) is 9.69 Å². The van der Waals surface area contributed by atoms with Crippen molar-refractivity contribution in [1.29, 1.82) is 0 Å². The fourth-order valence-corrected chi connectivity index (χ4v) is 9.84. The van der Waals surface area contributed by atoms with Gasteiger partial charge in [0.2, 0.25) is 0 Å². The van der Waals surface area contributed by atoms with E-state index in [1.165, 1.54) is 28.8 Å². The number of pyridine rings is 1. The van der Waals surface area contributed by atoms with E-state index in [1.54, 1.807) is 30.6 Å². The highest BCUT2D eigenvalue weighted by Crippen LogP contribution is 2.43. The van der Waals surface area contributed by atoms with Crippen LogP contribution in [0.2, 0.25) is 10.0 Å². The fraction of sp³-hybridized carbons (Fsp3) is 0.378. The highest BCUT2D eigenvalue weighted by Gasteiger charge is 2.31. The Balaban J connectivity index is 1.00. The quantitative estimate of drug-likeness (QED) is 0.126. The summed E-state index contributed by atoms with van der Waals surface area (Å²) in [4.78, 5) is 28.1. The third-order valence-electron chi connectivity index (χ3n) is 12.0. The predicted octanol–water partition coefficient (Wildman–Crippen LogP) is 8.92. The van der Waals surface area contributed by atoms with Gasteiger partial charge in [-0.05, 0) is 110 Å². The minimum Gasteiger partial charge on any atom is -0.455 e. The number of H-pyrrole nitrogens is 1. The first-order valence-corrected chi connectivity index (χ1v) is 22.4. The van der Waals surface area contributed by atoms with Gasteiger partial charge in [-0.1, -0.05) is 54.8 Å². The van der Waals surface area contributed by atoms with Gasteiger partial charge in [-0.25, -0.2) is 18.1 Å². The molecule has 14 heteroatoms. The van der Waals surface area contributed by atoms with Crippen LogP contribution >= 0.6 is 23.2 Å². The van der Waals surface area contributed by atoms with Crippen LogP contribution in [0.1, 0.15) is 68.8 Å². The SMILES string of the molecule is CC1(C)CCC(CN2CCN(c3ccc(C(=O)NS(=O)(=O)c4ccc(N5CCC(C)(O)CC5)c(Cl)c4)c(Oc4cnc5[nH]ccc5c4)c3)CC2)=C(c2ccc(Cl)cc2)C1. The number of allylic oxidation sites excluding steroid dienone is 1. The first kappa shape index (κ1) is 41.2. The van der Waals surface area contributed by atoms with Gasteiger partial charge < -0.3 is 24.6 Å². The number of aliphatic hydroxyl groups is 1. The minimum atomic E-state index is -4.33. The van der Waals surface area contributed by atoms with E-state index in [-0.39, 0.29) is 26.6 Å². The average Bonchev–Trinajstić information content (AvgIpc) is 3.67. The molecule has 310 valence electrons. The molecule has 0 saturated carbocycles. The Hall–Kier alpha value is -4.59. The van der Waals surface area contributed by atoms with Crippen LogP contribution in [0, 0.1) is 5.41 Å². The molecule has 0 bridgehead atoms. The number of sulfonamides is 1. The summed E-state index contributed by atoms with van der Waals surface area (Å²) in [7, 11) is -4.33. The van der Waals surface area contributed by atoms with E-state index < -0.39 is 21.5 Å². The Morgan fingerprint density at radius 1 is 0.898 bits per heavy atom. The zero-order valence-corrected chi connectivity index (χ0v) is 35.9. The molecule has 2 aliphatic heterocycles. The number of halogens is 2. The highest BCUT2D eigenvalue weighted by molar-refractivity contribution is 7.90. The van der Waals surface area contributed by atoms with Gasteiger partial charge in [-0.2, -0.15) is 0 Å². The summed E-state index contributed by atoms with van der Waals surface area (Å²) in [5, 5.41) is 12.2. The molecule has 2 fully saturated rings. The van der Waals surface area contributed by atoms with Crippen molar-refractivity contribution in [3.05, 3.63) is 112 Å². The van der Waals surface area contributed by atoms with Crippen LogP contribution in [0.25, 0.3) is 16.6 Å². The number of hydrogen-bond acceptors (Lipinski definition) is 9. The molecule has 3 N–H and O–H groups in total. The molecular weight excluding hydrogens is 808 g/mol. The van der Waals surface area contributed by atoms with E-state index in [0.29, 0.717) is 43.0 Å². The van der Waals surface area contributed by atoms with Gasteiger partial charge in [0.05, 0.1) is 33.0 Å². The molecule has 59 heavy (non-hydrogen) atoms. The summed E-state index contributed by atoms with van der Waals surface area (Å²) in [6.45, 7) is 11.8. The van der Waals surface area contributed by atoms with Gasteiger partial charge in [0.25, 0.3) is 15.9 Å². The number of rotatable bonds is 10. The number of aromatic amines is 1. The van der Waals surface area contributed by atoms with Crippen molar-refractivity contribution in [1.82, 2.24) is 19.6 Å². The fourth-order valence-electron chi connectivity index (χ4n) is 8.36. The molecule has 11 nitrogen and oxygen atoms in total. The van der Waals surface area contributed by atoms with Crippen molar-refractivity contribution >= 4 is 67.1 Å². The van der Waals surface area contributed by atoms with Crippen molar-refractivity contribution in [3.63, 3.8) is 0 Å². The number of benzene rings is 3. The summed E-state index contributed by atoms with van der Waals surface area (Å²) in [5.74, 6) is -0.241. The van der Waals surface area contributed by atoms with E-state index in [9.17, 15) is 18.3 Å². The number of hydrogen-bond donors (Lipinski definition) is 3. The third kappa shape index (κ3) is 9.42. The molecular formula is C45H50Cl2N6O5S. The lowest BCUT2D eigenvalue weighted by Gasteiger charge is -2.39. The summed E-state index contributed by atoms with van der Waals surface area (Å²) in [5.41, 5.74) is 5.94. The smallest absolute Gasteiger partial charge is 0.268 e. The Morgan fingerprint density at radius 3 is 2.37 bits per heavy atom. The van der Waals surface area contributed by atoms with Crippen molar-refractivity contribution in [2.45, 2.75) is 63.4 Å². The summed E-state index contributed by atoms with van der Waals surface area (Å²) >= 11 is 12.9. The third-order valence-corrected chi connectivity index (χ3v) is 13.9. The molecule has 8 rings (SSSR count). The number of piperazine rings is 1. The van der Waals surface area contributed by atoms with Crippen LogP contribution in [0.5, 0.6) is 11.5 Å². The first-order valence-electron chi connectivity index (χ1n) is 20.1. The maximum absolute atomic E-state index is 13.9. The number of amides is 1. The second-order valence-electron chi connectivity index (χ2n) is 17.1. The van der Waals surface area contributed by atoms with Crippen molar-refractivity contribution in [2.75, 3.05) is 55.6 Å². The first-order chi connectivity index (χ1) is 28.1. The summed E-state index contributed by atoms with van der Waals surface area (Å²) < 4.78 is 35.9. The van der Waals surface area contributed by atoms with Gasteiger partial charge in [-0.15, -0.1) is 0 Å². The van der Waals surface area contributed by atoms with Gasteiger partial charge >= 0.3 is 0 Å². The van der Waals surface area contributed by atoms with Crippen LogP contribution in [-0.4, -0.2) is 85.7 Å². The minimum absolute atomic E-state index is 0.0510. The van der Waals surface area contributed by atoms with Gasteiger partial charge in [0.1, 0.15) is 17.1 Å². The zero-order valence-electron chi connectivity index (χ0n) is 33.6. The lowest BCUT2D eigenvalue weighted by Crippen LogP contribution is -2.47. The van der Waals surface area contributed by atoms with Gasteiger partial charge in [0, 0.05) is 74.2 Å². The molecule has 3 aliphatic rings. The van der Waals surface area contributed by atoms with Crippen LogP contribution in [0.3, 0.4) is 0 Å². The molecule has 0 spiro atoms. The highest BCUT2D eigenvalue weighted by atomic mass is 35.5. The molecule has 2 saturated heterocycles. The van der Waals surface area contributed by atoms with E-state index in [4.69, 9.17) is 27.9 Å². The summed E-state index contributed by atoms with van der Waals surface area (Å²) in [6, 6.07) is 21.6. The number of nitrogens with one attached hydrogen (secondary N) is 2. The normalized spacial score (nSPS) is 18.6. The lowest BCUT2D eigenvalue weighted by molar-refractivity contribution is 0.0351. The van der Waals surface area contributed by atoms with Crippen molar-refractivity contribution in [3.8, 4) is 11.5 Å². The maximum atomic E-state index is 13.9. The second kappa shape index (κ2) is 16.5. The molecule has 4 heterocycles. The number of fused-ring (bicyclic) bond motifs is 1. The number of anilines is 2. The van der Waals surface area contributed by atoms with Crippen LogP contribution in [0.15, 0.2) is 95.7 Å². The molecule has 1 amide bonds. The number of aromatic nitrogens is 2. The monoisotopic (exact) mass is 856 g/mol. The zero-order chi connectivity index (χ0) is 41.5. The number of ether oxygens (including phenoxy) is 1. The molecule has 2 aromatic heterocycles. The van der Waals surface area contributed by atoms with Crippen molar-refractivity contribution < 1.29 is 23.1 Å². The molecule has 0 atom stereocenters. The van der Waals surface area contributed by atoms with E-state index in [1.807, 2.05) is 42.2 Å². The van der Waals surface area contributed by atoms with Gasteiger partial charge in [0.15, 0.2) is 0 Å². The number of piperidine rings is 1. The maximum Gasteiger partial charge on any atom is 0.268 e. The Kier molecular flexibility index (Phi) is 11.5. The number of carbonyl (C=O) groups is 1. The second-order valence-corrected chi connectivity index (χ2v) is 19.6. The van der Waals surface area contributed by atoms with Crippen LogP contribution in [0.4, 0.5) is 11.4 Å². The molecule has 1 aliphatic carbocycles. The number of nitrogens with zero attached hydrogens (tertiary/aromatic N) is 4. The molecule has 5 aromatic rings. The molecule has 0 unspecified atom stereocenters. The largest absolute Gasteiger partial charge is 0.455 e. The van der Waals surface area contributed by atoms with Crippen molar-refractivity contribution in [2.24, 2.45) is 5.41 Å². The topological polar surface area (TPSA) is 131 Å². The van der Waals surface area contributed by atoms with E-state index in [2.05, 4.69) is 50.5 Å². The molecule has 3 aromatic carbocycles. The Labute approximate surface area is 356 Å². The Bertz CT molecular complexity index is 2500. The lowest BCUT2D eigenvalue weighted by atomic mass is 9.72. The standard InChI is InChI=1S/C45H50Cl2N6O5S/c1-44(2)14-12-32(38(27-44)30-4-6-33(46)7-5-30)29-51-20-22-52(23-21-51)34-8-10-37(41(25-34)58-35-24-31-13-17-48-42(31)49-28-35)43(54)50-59(56,57)36-9-11-40(39(47)26-36)53-18-15-45(3,55)16-19-53/h4-11,13,17,24-26,28,55H,12,14-16,18-23,27,29H2,1-3H3,(H,48,49)(H,50,54). The predicted molar refractivity (Wildman–Crippen MR) is 235 cm³/mol. The Morgan fingerprint density at radius 2 is 1.64 bits per heavy atom. The summed E-state index contributed by atoms with van der Waals surface area (Å²) in [6.07, 6.45) is 7.73. The van der Waals surface area contributed by atoms with Crippen LogP contribution in [-0.2, 0) is 10.0 Å². The van der Waals surface area contributed by atoms with E-state index >= 15 is 0 Å². The average molecular weight is 858 g/mol. The molecule has 0 radical (unpaired) electrons. The number of carbonyl (C=O) groups excluding carboxylic acids is 1. The van der Waals surface area contributed by atoms with Crippen LogP contribution < -0.4 is 19.3 Å². The van der Waals surface area contributed by atoms with E-state index in [0.717, 1.165) is 68.1 Å².